The van der Waals surface area contributed by atoms with Crippen LogP contribution in [0.4, 0.5) is 0 Å². The highest BCUT2D eigenvalue weighted by Gasteiger charge is 2.12. The van der Waals surface area contributed by atoms with Crippen LogP contribution in [0.1, 0.15) is 74.4 Å². The lowest BCUT2D eigenvalue weighted by molar-refractivity contribution is 0.104. The summed E-state index contributed by atoms with van der Waals surface area (Å²) in [4.78, 5) is 12.5. The molecule has 0 heterocycles. The molecule has 2 aromatic rings. The summed E-state index contributed by atoms with van der Waals surface area (Å²) in [7, 11) is 0. The summed E-state index contributed by atoms with van der Waals surface area (Å²) in [5.74, 6) is 0.409. The zero-order valence-electron chi connectivity index (χ0n) is 19.6. The Bertz CT molecular complexity index is 1070. The number of benzene rings is 2. The summed E-state index contributed by atoms with van der Waals surface area (Å²) in [6, 6.07) is 14.7. The quantitative estimate of drug-likeness (QED) is 0.242. The van der Waals surface area contributed by atoms with Crippen molar-refractivity contribution in [2.24, 2.45) is 0 Å². The van der Waals surface area contributed by atoms with Crippen LogP contribution in [0.5, 0.6) is 0 Å². The predicted molar refractivity (Wildman–Crippen MR) is 136 cm³/mol. The molecule has 1 heteroatoms. The van der Waals surface area contributed by atoms with Gasteiger partial charge in [0.25, 0.3) is 0 Å². The standard InChI is InChI=1S/C30H36O/c1-7-12-30(31)29-20-19-27(24(5)13-11-16-26-14-9-8-10-15-26)28(25(29)6)18-17-23(4)21-22(2)3/h7-10,12,14-15,18-21,24H,2,6,11,13,16-17H2,1,3-5H3. The van der Waals surface area contributed by atoms with Crippen LogP contribution < -0.4 is 10.4 Å². The Kier molecular flexibility index (Phi) is 9.46. The molecule has 2 aromatic carbocycles. The summed E-state index contributed by atoms with van der Waals surface area (Å²) in [5, 5.41) is 1.94. The molecule has 0 fully saturated rings. The molecule has 0 amide bonds. The highest BCUT2D eigenvalue weighted by molar-refractivity contribution is 6.04. The van der Waals surface area contributed by atoms with Gasteiger partial charge in [0.1, 0.15) is 0 Å². The third kappa shape index (κ3) is 7.36. The van der Waals surface area contributed by atoms with Crippen LogP contribution in [-0.4, -0.2) is 5.78 Å². The normalized spacial score (nSPS) is 13.5. The third-order valence-corrected chi connectivity index (χ3v) is 5.57. The van der Waals surface area contributed by atoms with Gasteiger partial charge in [-0.05, 0) is 80.0 Å². The summed E-state index contributed by atoms with van der Waals surface area (Å²) >= 11 is 0. The SMILES string of the molecule is C=C(C)C=C(C)CC=c1c(C(C)CCCc2ccccc2)ccc(C(=O)C=CC)c1=C. The fourth-order valence-electron chi connectivity index (χ4n) is 3.98. The van der Waals surface area contributed by atoms with Crippen LogP contribution >= 0.6 is 0 Å². The molecular formula is C30H36O. The third-order valence-electron chi connectivity index (χ3n) is 5.57. The minimum Gasteiger partial charge on any atom is -0.289 e. The van der Waals surface area contributed by atoms with Gasteiger partial charge in [-0.3, -0.25) is 4.79 Å². The van der Waals surface area contributed by atoms with Gasteiger partial charge in [-0.2, -0.15) is 0 Å². The van der Waals surface area contributed by atoms with E-state index in [4.69, 9.17) is 0 Å². The van der Waals surface area contributed by atoms with E-state index in [1.165, 1.54) is 16.7 Å². The van der Waals surface area contributed by atoms with Crippen LogP contribution in [0.25, 0.3) is 12.7 Å². The van der Waals surface area contributed by atoms with Crippen LogP contribution in [0, 0.1) is 0 Å². The van der Waals surface area contributed by atoms with Crippen LogP contribution in [0.2, 0.25) is 0 Å². The molecule has 0 spiro atoms. The van der Waals surface area contributed by atoms with Crippen LogP contribution in [0.15, 0.2) is 78.4 Å². The molecule has 0 aromatic heterocycles. The van der Waals surface area contributed by atoms with Crippen molar-refractivity contribution in [1.29, 1.82) is 0 Å². The number of rotatable bonds is 10. The van der Waals surface area contributed by atoms with Gasteiger partial charge in [-0.15, -0.1) is 0 Å². The monoisotopic (exact) mass is 412 g/mol. The van der Waals surface area contributed by atoms with E-state index in [9.17, 15) is 4.79 Å². The molecule has 162 valence electrons. The van der Waals surface area contributed by atoms with E-state index in [2.05, 4.69) is 75.6 Å². The molecule has 31 heavy (non-hydrogen) atoms. The molecule has 0 aliphatic rings. The lowest BCUT2D eigenvalue weighted by Gasteiger charge is -2.15. The van der Waals surface area contributed by atoms with E-state index in [1.807, 2.05) is 19.9 Å². The fourth-order valence-corrected chi connectivity index (χ4v) is 3.98. The Labute approximate surface area is 188 Å². The number of hydrogen-bond acceptors (Lipinski definition) is 1. The molecule has 0 aliphatic carbocycles. The van der Waals surface area contributed by atoms with Crippen molar-refractivity contribution in [2.45, 2.75) is 59.3 Å². The first kappa shape index (κ1) is 24.3. The Morgan fingerprint density at radius 2 is 1.81 bits per heavy atom. The average Bonchev–Trinajstić information content (AvgIpc) is 2.73. The van der Waals surface area contributed by atoms with E-state index in [0.29, 0.717) is 11.5 Å². The number of allylic oxidation sites excluding steroid dienone is 5. The van der Waals surface area contributed by atoms with Crippen LogP contribution in [-0.2, 0) is 6.42 Å². The van der Waals surface area contributed by atoms with E-state index in [-0.39, 0.29) is 5.78 Å². The van der Waals surface area contributed by atoms with Crippen molar-refractivity contribution in [2.75, 3.05) is 0 Å². The highest BCUT2D eigenvalue weighted by atomic mass is 16.1. The Morgan fingerprint density at radius 1 is 1.10 bits per heavy atom. The lowest BCUT2D eigenvalue weighted by Crippen LogP contribution is -2.33. The van der Waals surface area contributed by atoms with Gasteiger partial charge in [0.05, 0.1) is 0 Å². The van der Waals surface area contributed by atoms with Crippen molar-refractivity contribution in [3.8, 4) is 0 Å². The van der Waals surface area contributed by atoms with Gasteiger partial charge >= 0.3 is 0 Å². The first-order chi connectivity index (χ1) is 14.8. The summed E-state index contributed by atoms with van der Waals surface area (Å²) in [5.41, 5.74) is 5.64. The summed E-state index contributed by atoms with van der Waals surface area (Å²) < 4.78 is 0. The summed E-state index contributed by atoms with van der Waals surface area (Å²) in [6.45, 7) is 16.6. The molecule has 2 rings (SSSR count). The number of aryl methyl sites for hydroxylation is 1. The van der Waals surface area contributed by atoms with Crippen molar-refractivity contribution >= 4 is 18.4 Å². The Morgan fingerprint density at radius 3 is 2.45 bits per heavy atom. The molecule has 1 atom stereocenters. The second kappa shape index (κ2) is 12.1. The van der Waals surface area contributed by atoms with Crippen molar-refractivity contribution in [1.82, 2.24) is 0 Å². The smallest absolute Gasteiger partial charge is 0.186 e. The maximum atomic E-state index is 12.5. The summed E-state index contributed by atoms with van der Waals surface area (Å²) in [6.07, 6.45) is 11.9. The van der Waals surface area contributed by atoms with Crippen molar-refractivity contribution in [3.63, 3.8) is 0 Å². The van der Waals surface area contributed by atoms with Crippen molar-refractivity contribution in [3.05, 3.63) is 106 Å². The van der Waals surface area contributed by atoms with Crippen LogP contribution in [0.3, 0.4) is 0 Å². The zero-order valence-corrected chi connectivity index (χ0v) is 19.6. The molecule has 0 saturated carbocycles. The molecule has 1 nitrogen and oxygen atoms in total. The number of carbonyl (C=O) groups excluding carboxylic acids is 1. The minimum absolute atomic E-state index is 0.0135. The van der Waals surface area contributed by atoms with E-state index in [1.54, 1.807) is 12.2 Å². The molecule has 0 radical (unpaired) electrons. The number of carbonyl (C=O) groups is 1. The first-order valence-electron chi connectivity index (χ1n) is 11.2. The van der Waals surface area contributed by atoms with Gasteiger partial charge in [0, 0.05) is 5.56 Å². The Balaban J connectivity index is 2.35. The maximum absolute atomic E-state index is 12.5. The molecule has 1 unspecified atom stereocenters. The maximum Gasteiger partial charge on any atom is 0.186 e. The topological polar surface area (TPSA) is 17.1 Å². The molecule has 0 bridgehead atoms. The lowest BCUT2D eigenvalue weighted by atomic mass is 9.89. The first-order valence-corrected chi connectivity index (χ1v) is 11.2. The van der Waals surface area contributed by atoms with Gasteiger partial charge in [-0.1, -0.05) is 91.9 Å². The number of hydrogen-bond donors (Lipinski definition) is 0. The molecule has 0 saturated heterocycles. The van der Waals surface area contributed by atoms with E-state index in [0.717, 1.165) is 41.7 Å². The van der Waals surface area contributed by atoms with Crippen molar-refractivity contribution < 1.29 is 4.79 Å². The van der Waals surface area contributed by atoms with E-state index >= 15 is 0 Å². The Hall–Kier alpha value is -2.93. The largest absolute Gasteiger partial charge is 0.289 e. The zero-order chi connectivity index (χ0) is 22.8. The van der Waals surface area contributed by atoms with E-state index < -0.39 is 0 Å². The fraction of sp³-hybridized carbons (Fsp3) is 0.300. The highest BCUT2D eigenvalue weighted by Crippen LogP contribution is 2.19. The minimum atomic E-state index is 0.0135. The molecule has 0 N–H and O–H groups in total. The predicted octanol–water partition coefficient (Wildman–Crippen LogP) is 6.68. The average molecular weight is 413 g/mol. The molecular weight excluding hydrogens is 376 g/mol. The van der Waals surface area contributed by atoms with Gasteiger partial charge in [-0.25, -0.2) is 0 Å². The second-order valence-corrected chi connectivity index (χ2v) is 8.48. The van der Waals surface area contributed by atoms with Gasteiger partial charge in [0.15, 0.2) is 5.78 Å². The van der Waals surface area contributed by atoms with Gasteiger partial charge in [0.2, 0.25) is 0 Å². The second-order valence-electron chi connectivity index (χ2n) is 8.48. The van der Waals surface area contributed by atoms with Gasteiger partial charge < -0.3 is 0 Å². The molecule has 0 aliphatic heterocycles. The number of ketones is 1.